The molecular weight excluding hydrogens is 773 g/mol. The van der Waals surface area contributed by atoms with Gasteiger partial charge in [-0.05, 0) is 91.9 Å². The molecule has 290 valence electrons. The van der Waals surface area contributed by atoms with E-state index in [2.05, 4.69) is 29.9 Å². The van der Waals surface area contributed by atoms with E-state index in [1.807, 2.05) is 36.4 Å². The topological polar surface area (TPSA) is 246 Å². The van der Waals surface area contributed by atoms with Crippen molar-refractivity contribution in [3.05, 3.63) is 121 Å². The fourth-order valence-corrected chi connectivity index (χ4v) is 7.33. The first-order valence-electron chi connectivity index (χ1n) is 16.9. The average Bonchev–Trinajstić information content (AvgIpc) is 4.01. The summed E-state index contributed by atoms with van der Waals surface area (Å²) in [6.45, 7) is 1.76. The van der Waals surface area contributed by atoms with Crippen molar-refractivity contribution in [1.29, 1.82) is 0 Å². The van der Waals surface area contributed by atoms with Crippen LogP contribution in [0.4, 0.5) is 11.4 Å². The average molecular weight is 807 g/mol. The Hall–Kier alpha value is -6.86. The second-order valence-electron chi connectivity index (χ2n) is 12.8. The van der Waals surface area contributed by atoms with Crippen LogP contribution in [0.3, 0.4) is 0 Å². The Morgan fingerprint density at radius 1 is 0.737 bits per heavy atom. The van der Waals surface area contributed by atoms with Crippen LogP contribution in [0.2, 0.25) is 0 Å². The highest BCUT2D eigenvalue weighted by atomic mass is 32.2. The molecule has 0 unspecified atom stereocenters. The Morgan fingerprint density at radius 3 is 1.81 bits per heavy atom. The molecule has 0 spiro atoms. The van der Waals surface area contributed by atoms with Crippen LogP contribution >= 0.6 is 0 Å². The van der Waals surface area contributed by atoms with Crippen LogP contribution in [-0.4, -0.2) is 77.3 Å². The number of aromatic hydroxyl groups is 2. The van der Waals surface area contributed by atoms with Crippen molar-refractivity contribution in [3.8, 4) is 34.4 Å². The molecule has 18 heteroatoms. The molecule has 4 heterocycles. The van der Waals surface area contributed by atoms with Crippen LogP contribution in [0.25, 0.3) is 44.5 Å². The summed E-state index contributed by atoms with van der Waals surface area (Å²) < 4.78 is 58.8. The number of fused-ring (bicyclic) bond motifs is 2. The van der Waals surface area contributed by atoms with Crippen LogP contribution < -0.4 is 5.14 Å². The number of nitrogens with zero attached hydrogens (tertiary/aromatic N) is 5. The van der Waals surface area contributed by atoms with E-state index in [0.717, 1.165) is 37.2 Å². The van der Waals surface area contributed by atoms with Gasteiger partial charge in [0.1, 0.15) is 0 Å². The van der Waals surface area contributed by atoms with Crippen molar-refractivity contribution >= 4 is 65.2 Å². The Labute approximate surface area is 325 Å². The lowest BCUT2D eigenvalue weighted by molar-refractivity contribution is 0.457. The lowest BCUT2D eigenvalue weighted by Crippen LogP contribution is -2.21. The van der Waals surface area contributed by atoms with E-state index >= 15 is 0 Å². The molecule has 57 heavy (non-hydrogen) atoms. The summed E-state index contributed by atoms with van der Waals surface area (Å²) in [6, 6.07) is 23.3. The molecule has 0 aliphatic heterocycles. The maximum atomic E-state index is 12.1. The van der Waals surface area contributed by atoms with Crippen molar-refractivity contribution < 1.29 is 35.9 Å². The minimum absolute atomic E-state index is 0.00729. The number of sulfonamides is 2. The molecule has 16 nitrogen and oxygen atoms in total. The number of hydrogen-bond donors (Lipinski definition) is 5. The molecule has 6 N–H and O–H groups in total. The van der Waals surface area contributed by atoms with Gasteiger partial charge in [0.15, 0.2) is 36.1 Å². The number of rotatable bonds is 9. The van der Waals surface area contributed by atoms with Gasteiger partial charge >= 0.3 is 0 Å². The number of primary sulfonamides is 1. The summed E-state index contributed by atoms with van der Waals surface area (Å²) in [4.78, 5) is 22.7. The molecule has 0 saturated heterocycles. The van der Waals surface area contributed by atoms with E-state index in [-0.39, 0.29) is 21.6 Å². The largest absolute Gasteiger partial charge is 0.494 e. The standard InChI is InChI=1S/C20H18N4O4S.C19H16N4O4S/c1-24(2)29(26,27)15-6-4-14(5-7-15)22-10-17-16-9-13(19-11-21-12-28-19)3-8-18(16)23-20(17)25;1-11(22-13-3-5-14(6-4-13)28(20,25)26)18-15-8-12(17-9-21-10-27-17)2-7-16(15)23-19(18)24/h3-12,23,25H,1-2H3;2-10,23-24H,1H3,(H2,20,25,26). The quantitative estimate of drug-likeness (QED) is 0.0950. The van der Waals surface area contributed by atoms with E-state index in [1.54, 1.807) is 43.6 Å². The molecule has 0 saturated carbocycles. The molecular formula is C39H34N8O8S2. The van der Waals surface area contributed by atoms with Gasteiger partial charge in [-0.15, -0.1) is 0 Å². The monoisotopic (exact) mass is 806 g/mol. The van der Waals surface area contributed by atoms with Gasteiger partial charge in [0.2, 0.25) is 20.0 Å². The summed E-state index contributed by atoms with van der Waals surface area (Å²) in [5.41, 5.74) is 5.85. The van der Waals surface area contributed by atoms with E-state index in [0.29, 0.717) is 39.7 Å². The minimum Gasteiger partial charge on any atom is -0.494 e. The number of benzene rings is 4. The lowest BCUT2D eigenvalue weighted by Gasteiger charge is -2.10. The maximum absolute atomic E-state index is 12.1. The Balaban J connectivity index is 0.000000174. The summed E-state index contributed by atoms with van der Waals surface area (Å²) in [6.07, 6.45) is 7.48. The third kappa shape index (κ3) is 8.10. The van der Waals surface area contributed by atoms with Gasteiger partial charge in [-0.1, -0.05) is 0 Å². The first kappa shape index (κ1) is 38.4. The Bertz CT molecular complexity index is 2990. The van der Waals surface area contributed by atoms with Crippen LogP contribution in [0, 0.1) is 0 Å². The van der Waals surface area contributed by atoms with Crippen LogP contribution in [0.5, 0.6) is 11.8 Å². The van der Waals surface area contributed by atoms with Gasteiger partial charge in [0, 0.05) is 53.2 Å². The molecule has 0 amide bonds. The first-order chi connectivity index (χ1) is 27.2. The number of aromatic amines is 2. The number of nitrogens with two attached hydrogens (primary N) is 1. The summed E-state index contributed by atoms with van der Waals surface area (Å²) in [5, 5.41) is 27.3. The molecule has 8 rings (SSSR count). The molecule has 4 aromatic carbocycles. The summed E-state index contributed by atoms with van der Waals surface area (Å²) in [5.74, 6) is 1.22. The molecule has 0 radical (unpaired) electrons. The Morgan fingerprint density at radius 2 is 1.26 bits per heavy atom. The second kappa shape index (κ2) is 15.3. The smallest absolute Gasteiger partial charge is 0.242 e. The van der Waals surface area contributed by atoms with E-state index in [1.165, 1.54) is 57.4 Å². The molecule has 0 atom stereocenters. The van der Waals surface area contributed by atoms with Crippen molar-refractivity contribution in [2.45, 2.75) is 16.7 Å². The first-order valence-corrected chi connectivity index (χ1v) is 19.9. The second-order valence-corrected chi connectivity index (χ2v) is 16.5. The van der Waals surface area contributed by atoms with Crippen LogP contribution in [0.1, 0.15) is 18.1 Å². The van der Waals surface area contributed by atoms with Crippen LogP contribution in [0.15, 0.2) is 139 Å². The number of aromatic nitrogens is 4. The van der Waals surface area contributed by atoms with E-state index < -0.39 is 20.0 Å². The number of oxazole rings is 2. The van der Waals surface area contributed by atoms with Crippen molar-refractivity contribution in [2.75, 3.05) is 14.1 Å². The van der Waals surface area contributed by atoms with Gasteiger partial charge in [-0.2, -0.15) is 0 Å². The van der Waals surface area contributed by atoms with Gasteiger partial charge in [-0.3, -0.25) is 9.98 Å². The number of H-pyrrole nitrogens is 2. The lowest BCUT2D eigenvalue weighted by atomic mass is 10.1. The molecule has 8 aromatic rings. The Kier molecular flexibility index (Phi) is 10.3. The minimum atomic E-state index is -3.76. The van der Waals surface area contributed by atoms with Crippen molar-refractivity contribution in [2.24, 2.45) is 15.1 Å². The van der Waals surface area contributed by atoms with Gasteiger partial charge in [0.25, 0.3) is 0 Å². The SMILES string of the molecule is CC(=Nc1ccc(S(N)(=O)=O)cc1)c1c(O)[nH]c2ccc(-c3cnco3)cc12.CN(C)S(=O)(=O)c1ccc(N=Cc2c(O)[nH]c3ccc(-c4cnco4)cc23)cc1. The zero-order chi connectivity index (χ0) is 40.5. The highest BCUT2D eigenvalue weighted by molar-refractivity contribution is 7.89. The fraction of sp³-hybridized carbons (Fsp3) is 0.0769. The third-order valence-corrected chi connectivity index (χ3v) is 11.6. The number of nitrogens with one attached hydrogen (secondary N) is 2. The highest BCUT2D eigenvalue weighted by Gasteiger charge is 2.18. The molecule has 4 aromatic heterocycles. The van der Waals surface area contributed by atoms with E-state index in [9.17, 15) is 27.0 Å². The number of hydrogen-bond acceptors (Lipinski definition) is 12. The summed E-state index contributed by atoms with van der Waals surface area (Å²) in [7, 11) is -4.29. The van der Waals surface area contributed by atoms with Gasteiger partial charge in [-0.25, -0.2) is 36.2 Å². The fourth-order valence-electron chi connectivity index (χ4n) is 5.91. The zero-order valence-corrected chi connectivity index (χ0v) is 32.1. The normalized spacial score (nSPS) is 12.5. The summed E-state index contributed by atoms with van der Waals surface area (Å²) >= 11 is 0. The molecule has 0 fully saturated rings. The molecule has 0 bridgehead atoms. The number of aliphatic imine (C=N–C) groups is 2. The zero-order valence-electron chi connectivity index (χ0n) is 30.4. The third-order valence-electron chi connectivity index (χ3n) is 8.81. The van der Waals surface area contributed by atoms with Gasteiger partial charge in [0.05, 0.1) is 50.4 Å². The van der Waals surface area contributed by atoms with Crippen molar-refractivity contribution in [1.82, 2.24) is 24.2 Å². The predicted octanol–water partition coefficient (Wildman–Crippen LogP) is 6.85. The maximum Gasteiger partial charge on any atom is 0.242 e. The van der Waals surface area contributed by atoms with Crippen molar-refractivity contribution in [3.63, 3.8) is 0 Å². The van der Waals surface area contributed by atoms with Gasteiger partial charge < -0.3 is 29.0 Å². The highest BCUT2D eigenvalue weighted by Crippen LogP contribution is 2.33. The molecule has 0 aliphatic carbocycles. The predicted molar refractivity (Wildman–Crippen MR) is 215 cm³/mol. The molecule has 0 aliphatic rings. The van der Waals surface area contributed by atoms with Crippen LogP contribution in [-0.2, 0) is 20.0 Å². The van der Waals surface area contributed by atoms with E-state index in [4.69, 9.17) is 14.0 Å².